The summed E-state index contributed by atoms with van der Waals surface area (Å²) in [6, 6.07) is 18.7. The smallest absolute Gasteiger partial charge is 0.175 e. The summed E-state index contributed by atoms with van der Waals surface area (Å²) in [6.07, 6.45) is 1.09. The lowest BCUT2D eigenvalue weighted by molar-refractivity contribution is 0.228. The highest BCUT2D eigenvalue weighted by Crippen LogP contribution is 2.54. The molecule has 0 amide bonds. The van der Waals surface area contributed by atoms with Crippen molar-refractivity contribution in [2.45, 2.75) is 31.3 Å². The van der Waals surface area contributed by atoms with E-state index in [0.717, 1.165) is 23.8 Å². The summed E-state index contributed by atoms with van der Waals surface area (Å²) in [7, 11) is 0. The second-order valence-electron chi connectivity index (χ2n) is 6.77. The molecule has 2 N–H and O–H groups in total. The summed E-state index contributed by atoms with van der Waals surface area (Å²) < 4.78 is 0. The van der Waals surface area contributed by atoms with Crippen LogP contribution in [0.5, 0.6) is 0 Å². The van der Waals surface area contributed by atoms with Crippen molar-refractivity contribution in [1.82, 2.24) is 4.90 Å². The highest BCUT2D eigenvalue weighted by molar-refractivity contribution is 7.80. The summed E-state index contributed by atoms with van der Waals surface area (Å²) >= 11 is 5.73. The van der Waals surface area contributed by atoms with E-state index in [0.29, 0.717) is 0 Å². The summed E-state index contributed by atoms with van der Waals surface area (Å²) in [4.78, 5) is 2.30. The third-order valence-corrected chi connectivity index (χ3v) is 5.94. The third-order valence-electron chi connectivity index (χ3n) is 5.62. The van der Waals surface area contributed by atoms with Crippen LogP contribution < -0.4 is 10.6 Å². The molecule has 0 aromatic heterocycles. The number of rotatable bonds is 1. The van der Waals surface area contributed by atoms with Crippen LogP contribution in [0.15, 0.2) is 54.6 Å². The lowest BCUT2D eigenvalue weighted by atomic mass is 9.75. The van der Waals surface area contributed by atoms with Crippen LogP contribution in [0.1, 0.15) is 25.8 Å². The van der Waals surface area contributed by atoms with E-state index in [4.69, 9.17) is 12.2 Å². The zero-order valence-corrected chi connectivity index (χ0v) is 14.3. The van der Waals surface area contributed by atoms with Gasteiger partial charge in [0.25, 0.3) is 0 Å². The normalized spacial score (nSPS) is 28.0. The fraction of sp³-hybridized carbons (Fsp3) is 0.316. The van der Waals surface area contributed by atoms with Crippen molar-refractivity contribution < 1.29 is 0 Å². The van der Waals surface area contributed by atoms with E-state index in [9.17, 15) is 0 Å². The molecular weight excluding hydrogens is 302 g/mol. The number of para-hydroxylation sites is 2. The molecule has 23 heavy (non-hydrogen) atoms. The van der Waals surface area contributed by atoms with Crippen molar-refractivity contribution in [3.63, 3.8) is 0 Å². The molecule has 2 aliphatic rings. The maximum Gasteiger partial charge on any atom is 0.175 e. The average molecular weight is 323 g/mol. The van der Waals surface area contributed by atoms with Crippen molar-refractivity contribution in [3.05, 3.63) is 60.2 Å². The van der Waals surface area contributed by atoms with E-state index in [-0.39, 0.29) is 11.1 Å². The van der Waals surface area contributed by atoms with Crippen molar-refractivity contribution in [2.75, 3.05) is 17.2 Å². The molecule has 2 aromatic carbocycles. The molecule has 2 aliphatic heterocycles. The summed E-state index contributed by atoms with van der Waals surface area (Å²) in [6.45, 7) is 5.56. The maximum absolute atomic E-state index is 5.73. The van der Waals surface area contributed by atoms with E-state index in [1.807, 2.05) is 30.3 Å². The lowest BCUT2D eigenvalue weighted by Gasteiger charge is -2.42. The number of fused-ring (bicyclic) bond motifs is 3. The molecule has 0 spiro atoms. The van der Waals surface area contributed by atoms with E-state index in [2.05, 4.69) is 53.6 Å². The first-order valence-electron chi connectivity index (χ1n) is 8.06. The Bertz CT molecular complexity index is 760. The van der Waals surface area contributed by atoms with Crippen LogP contribution in [0.2, 0.25) is 0 Å². The molecule has 0 unspecified atom stereocenters. The van der Waals surface area contributed by atoms with Gasteiger partial charge in [0.2, 0.25) is 0 Å². The third kappa shape index (κ3) is 1.98. The zero-order chi connectivity index (χ0) is 16.1. The Morgan fingerprint density at radius 3 is 2.57 bits per heavy atom. The first kappa shape index (κ1) is 14.5. The van der Waals surface area contributed by atoms with Gasteiger partial charge in [-0.05, 0) is 49.3 Å². The molecule has 2 atom stereocenters. The number of hydrogen-bond acceptors (Lipinski definition) is 2. The van der Waals surface area contributed by atoms with Crippen molar-refractivity contribution >= 4 is 28.7 Å². The zero-order valence-electron chi connectivity index (χ0n) is 13.5. The van der Waals surface area contributed by atoms with Gasteiger partial charge < -0.3 is 15.5 Å². The average Bonchev–Trinajstić information content (AvgIpc) is 2.93. The van der Waals surface area contributed by atoms with Crippen LogP contribution in [0.4, 0.5) is 11.4 Å². The van der Waals surface area contributed by atoms with Crippen LogP contribution >= 0.6 is 12.2 Å². The summed E-state index contributed by atoms with van der Waals surface area (Å²) in [5.74, 6) is 0. The van der Waals surface area contributed by atoms with Crippen molar-refractivity contribution in [3.8, 4) is 0 Å². The highest BCUT2D eigenvalue weighted by atomic mass is 32.1. The lowest BCUT2D eigenvalue weighted by Crippen LogP contribution is -2.57. The fourth-order valence-corrected chi connectivity index (χ4v) is 4.45. The van der Waals surface area contributed by atoms with Gasteiger partial charge in [-0.1, -0.05) is 43.3 Å². The van der Waals surface area contributed by atoms with E-state index in [1.165, 1.54) is 11.3 Å². The minimum atomic E-state index is -0.199. The number of likely N-dealkylation sites (tertiary alicyclic amines) is 1. The van der Waals surface area contributed by atoms with Crippen molar-refractivity contribution in [2.24, 2.45) is 0 Å². The number of nitrogens with one attached hydrogen (secondary N) is 2. The topological polar surface area (TPSA) is 27.3 Å². The van der Waals surface area contributed by atoms with Crippen LogP contribution in [-0.2, 0) is 5.41 Å². The first-order chi connectivity index (χ1) is 11.0. The number of thiocarbonyl (C=S) groups is 1. The Hall–Kier alpha value is -2.07. The number of nitrogens with zero attached hydrogens (tertiary/aromatic N) is 1. The Labute approximate surface area is 142 Å². The van der Waals surface area contributed by atoms with Gasteiger partial charge in [-0.2, -0.15) is 0 Å². The molecule has 2 heterocycles. The molecule has 3 nitrogen and oxygen atoms in total. The van der Waals surface area contributed by atoms with Gasteiger partial charge in [0, 0.05) is 23.3 Å². The monoisotopic (exact) mass is 323 g/mol. The Balaban J connectivity index is 1.65. The molecule has 2 aromatic rings. The molecule has 0 bridgehead atoms. The van der Waals surface area contributed by atoms with Crippen LogP contribution in [0.3, 0.4) is 0 Å². The Morgan fingerprint density at radius 1 is 1.09 bits per heavy atom. The predicted molar refractivity (Wildman–Crippen MR) is 99.8 cm³/mol. The second-order valence-corrected chi connectivity index (χ2v) is 7.16. The fourth-order valence-electron chi connectivity index (χ4n) is 4.06. The molecule has 4 rings (SSSR count). The Morgan fingerprint density at radius 2 is 1.78 bits per heavy atom. The highest BCUT2D eigenvalue weighted by Gasteiger charge is 2.59. The van der Waals surface area contributed by atoms with Crippen LogP contribution in [-0.4, -0.2) is 22.2 Å². The van der Waals surface area contributed by atoms with Gasteiger partial charge in [-0.25, -0.2) is 0 Å². The maximum atomic E-state index is 5.73. The SMILES string of the molecule is C[C@@]12Nc3ccccc3[C@@]1(C)CCN2C(=S)Nc1ccccc1. The molecule has 0 aliphatic carbocycles. The van der Waals surface area contributed by atoms with E-state index >= 15 is 0 Å². The Kier molecular flexibility index (Phi) is 3.13. The number of benzene rings is 2. The van der Waals surface area contributed by atoms with E-state index < -0.39 is 0 Å². The van der Waals surface area contributed by atoms with Crippen LogP contribution in [0.25, 0.3) is 0 Å². The largest absolute Gasteiger partial charge is 0.362 e. The summed E-state index contributed by atoms with van der Waals surface area (Å²) in [5, 5.41) is 7.89. The number of anilines is 2. The van der Waals surface area contributed by atoms with Gasteiger partial charge in [-0.15, -0.1) is 0 Å². The molecule has 1 saturated heterocycles. The van der Waals surface area contributed by atoms with E-state index in [1.54, 1.807) is 0 Å². The molecule has 0 radical (unpaired) electrons. The van der Waals surface area contributed by atoms with Crippen LogP contribution in [0, 0.1) is 0 Å². The quantitative estimate of drug-likeness (QED) is 0.770. The minimum absolute atomic E-state index is 0.0615. The van der Waals surface area contributed by atoms with Gasteiger partial charge in [0.15, 0.2) is 5.11 Å². The van der Waals surface area contributed by atoms with Gasteiger partial charge in [0.05, 0.1) is 0 Å². The molecular formula is C19H21N3S. The molecule has 0 saturated carbocycles. The van der Waals surface area contributed by atoms with Gasteiger partial charge in [0.1, 0.15) is 5.66 Å². The second kappa shape index (κ2) is 4.96. The van der Waals surface area contributed by atoms with Gasteiger partial charge in [-0.3, -0.25) is 0 Å². The number of hydrogen-bond donors (Lipinski definition) is 2. The standard InChI is InChI=1S/C19H21N3S/c1-18-12-13-22(17(23)20-14-8-4-3-5-9-14)19(18,2)21-16-11-7-6-10-15(16)18/h3-11,21H,12-13H2,1-2H3,(H,20,23)/t18-,19+/m1/s1. The molecule has 118 valence electrons. The van der Waals surface area contributed by atoms with Crippen molar-refractivity contribution in [1.29, 1.82) is 0 Å². The summed E-state index contributed by atoms with van der Waals surface area (Å²) in [5.41, 5.74) is 3.52. The van der Waals surface area contributed by atoms with Gasteiger partial charge >= 0.3 is 0 Å². The first-order valence-corrected chi connectivity index (χ1v) is 8.47. The predicted octanol–water partition coefficient (Wildman–Crippen LogP) is 4.19. The molecule has 1 fully saturated rings. The molecule has 4 heteroatoms. The minimum Gasteiger partial charge on any atom is -0.362 e.